The lowest BCUT2D eigenvalue weighted by atomic mass is 10.1. The number of carbonyl (C=O) groups is 2. The lowest BCUT2D eigenvalue weighted by Crippen LogP contribution is -2.30. The average molecular weight is 442 g/mol. The van der Waals surface area contributed by atoms with Crippen LogP contribution in [0.4, 0.5) is 11.4 Å². The number of anilines is 2. The summed E-state index contributed by atoms with van der Waals surface area (Å²) in [5.74, 6) is -0.359. The van der Waals surface area contributed by atoms with Gasteiger partial charge in [0.05, 0.1) is 15.6 Å². The predicted molar refractivity (Wildman–Crippen MR) is 125 cm³/mol. The molecule has 0 radical (unpaired) electrons. The third kappa shape index (κ3) is 5.20. The zero-order valence-corrected chi connectivity index (χ0v) is 18.8. The molecule has 0 saturated heterocycles. The summed E-state index contributed by atoms with van der Waals surface area (Å²) in [6.45, 7) is 3.01. The first kappa shape index (κ1) is 21.9. The predicted octanol–water partition coefficient (Wildman–Crippen LogP) is 5.38. The first-order valence-corrected chi connectivity index (χ1v) is 10.8. The van der Waals surface area contributed by atoms with Crippen LogP contribution in [0.25, 0.3) is 0 Å². The van der Waals surface area contributed by atoms with Crippen LogP contribution in [0.2, 0.25) is 5.02 Å². The van der Waals surface area contributed by atoms with Gasteiger partial charge in [0.15, 0.2) is 0 Å². The van der Waals surface area contributed by atoms with Crippen LogP contribution in [-0.4, -0.2) is 37.4 Å². The summed E-state index contributed by atoms with van der Waals surface area (Å²) in [6.07, 6.45) is 0. The molecule has 1 heterocycles. The molecule has 0 bridgehead atoms. The minimum Gasteiger partial charge on any atom is -0.378 e. The van der Waals surface area contributed by atoms with Crippen LogP contribution in [0.15, 0.2) is 60.0 Å². The summed E-state index contributed by atoms with van der Waals surface area (Å²) in [5.41, 5.74) is 3.06. The minimum atomic E-state index is -0.246. The second kappa shape index (κ2) is 9.78. The van der Waals surface area contributed by atoms with Crippen molar-refractivity contribution in [1.82, 2.24) is 4.90 Å². The van der Waals surface area contributed by atoms with Crippen molar-refractivity contribution in [1.29, 1.82) is 0 Å². The molecule has 3 aromatic rings. The SMILES string of the molecule is CCN(Cc1ccc(N(C)C)cc1)C(=O)c1ccc(Cl)c(NC(=O)c2cccs2)c1. The van der Waals surface area contributed by atoms with Gasteiger partial charge in [0.25, 0.3) is 11.8 Å². The molecule has 1 aromatic heterocycles. The first-order valence-electron chi connectivity index (χ1n) is 9.59. The van der Waals surface area contributed by atoms with E-state index >= 15 is 0 Å². The van der Waals surface area contributed by atoms with Gasteiger partial charge in [0, 0.05) is 38.4 Å². The minimum absolute atomic E-state index is 0.113. The number of thiophene rings is 1. The average Bonchev–Trinajstić information content (AvgIpc) is 3.28. The summed E-state index contributed by atoms with van der Waals surface area (Å²) < 4.78 is 0. The molecule has 2 amide bonds. The molecule has 0 unspecified atom stereocenters. The molecule has 3 rings (SSSR count). The second-order valence-corrected chi connectivity index (χ2v) is 8.36. The van der Waals surface area contributed by atoms with E-state index in [1.54, 1.807) is 29.2 Å². The van der Waals surface area contributed by atoms with Gasteiger partial charge in [-0.2, -0.15) is 0 Å². The number of rotatable bonds is 7. The highest BCUT2D eigenvalue weighted by atomic mass is 35.5. The summed E-state index contributed by atoms with van der Waals surface area (Å²) in [5, 5.41) is 5.02. The van der Waals surface area contributed by atoms with Gasteiger partial charge in [-0.05, 0) is 54.3 Å². The number of nitrogens with one attached hydrogen (secondary N) is 1. The summed E-state index contributed by atoms with van der Waals surface area (Å²) in [6, 6.07) is 16.6. The van der Waals surface area contributed by atoms with E-state index in [4.69, 9.17) is 11.6 Å². The number of halogens is 1. The van der Waals surface area contributed by atoms with Gasteiger partial charge in [-0.3, -0.25) is 9.59 Å². The lowest BCUT2D eigenvalue weighted by molar-refractivity contribution is 0.0752. The van der Waals surface area contributed by atoms with Crippen molar-refractivity contribution >= 4 is 46.1 Å². The highest BCUT2D eigenvalue weighted by Crippen LogP contribution is 2.25. The number of amides is 2. The van der Waals surface area contributed by atoms with Gasteiger partial charge in [0.2, 0.25) is 0 Å². The molecule has 0 spiro atoms. The molecule has 5 nitrogen and oxygen atoms in total. The van der Waals surface area contributed by atoms with Gasteiger partial charge < -0.3 is 15.1 Å². The van der Waals surface area contributed by atoms with E-state index in [1.807, 2.05) is 61.6 Å². The lowest BCUT2D eigenvalue weighted by Gasteiger charge is -2.22. The molecule has 0 fully saturated rings. The van der Waals surface area contributed by atoms with Crippen LogP contribution in [0.3, 0.4) is 0 Å². The summed E-state index contributed by atoms with van der Waals surface area (Å²) in [4.78, 5) is 29.8. The van der Waals surface area contributed by atoms with Crippen molar-refractivity contribution in [2.75, 3.05) is 30.9 Å². The Kier molecular flexibility index (Phi) is 7.13. The van der Waals surface area contributed by atoms with E-state index in [2.05, 4.69) is 5.32 Å². The van der Waals surface area contributed by atoms with Gasteiger partial charge in [-0.1, -0.05) is 29.8 Å². The molecule has 0 aliphatic heterocycles. The fourth-order valence-electron chi connectivity index (χ4n) is 2.98. The van der Waals surface area contributed by atoms with Gasteiger partial charge in [0.1, 0.15) is 0 Å². The fraction of sp³-hybridized carbons (Fsp3) is 0.217. The molecular formula is C23H24ClN3O2S. The highest BCUT2D eigenvalue weighted by Gasteiger charge is 2.17. The maximum atomic E-state index is 13.1. The van der Waals surface area contributed by atoms with Crippen LogP contribution in [0.1, 0.15) is 32.5 Å². The van der Waals surface area contributed by atoms with Gasteiger partial charge >= 0.3 is 0 Å². The van der Waals surface area contributed by atoms with E-state index < -0.39 is 0 Å². The molecule has 2 aromatic carbocycles. The molecule has 0 aliphatic carbocycles. The van der Waals surface area contributed by atoms with Crippen molar-refractivity contribution < 1.29 is 9.59 Å². The molecule has 7 heteroatoms. The van der Waals surface area contributed by atoms with Crippen LogP contribution in [-0.2, 0) is 6.54 Å². The third-order valence-electron chi connectivity index (χ3n) is 4.70. The molecule has 156 valence electrons. The van der Waals surface area contributed by atoms with Crippen LogP contribution in [0, 0.1) is 0 Å². The Bertz CT molecular complexity index is 1020. The molecule has 0 atom stereocenters. The van der Waals surface area contributed by atoms with Crippen molar-refractivity contribution in [2.24, 2.45) is 0 Å². The molecule has 30 heavy (non-hydrogen) atoms. The zero-order chi connectivity index (χ0) is 21.7. The monoisotopic (exact) mass is 441 g/mol. The Morgan fingerprint density at radius 1 is 1.07 bits per heavy atom. The summed E-state index contributed by atoms with van der Waals surface area (Å²) in [7, 11) is 3.98. The highest BCUT2D eigenvalue weighted by molar-refractivity contribution is 7.12. The van der Waals surface area contributed by atoms with E-state index in [0.717, 1.165) is 11.3 Å². The number of hydrogen-bond donors (Lipinski definition) is 1. The largest absolute Gasteiger partial charge is 0.378 e. The van der Waals surface area contributed by atoms with E-state index in [1.165, 1.54) is 11.3 Å². The van der Waals surface area contributed by atoms with E-state index in [9.17, 15) is 9.59 Å². The fourth-order valence-corrected chi connectivity index (χ4v) is 3.76. The molecule has 0 saturated carbocycles. The van der Waals surface area contributed by atoms with Crippen molar-refractivity contribution in [2.45, 2.75) is 13.5 Å². The molecule has 0 aliphatic rings. The molecule has 1 N–H and O–H groups in total. The maximum Gasteiger partial charge on any atom is 0.265 e. The standard InChI is InChI=1S/C23H24ClN3O2S/c1-4-27(15-16-7-10-18(11-8-16)26(2)3)23(29)17-9-12-19(24)20(14-17)25-22(28)21-6-5-13-30-21/h5-14H,4,15H2,1-3H3,(H,25,28). The number of benzene rings is 2. The van der Waals surface area contributed by atoms with Crippen molar-refractivity contribution in [3.63, 3.8) is 0 Å². The van der Waals surface area contributed by atoms with Crippen molar-refractivity contribution in [3.8, 4) is 0 Å². The van der Waals surface area contributed by atoms with E-state index in [-0.39, 0.29) is 11.8 Å². The normalized spacial score (nSPS) is 10.5. The van der Waals surface area contributed by atoms with Crippen LogP contribution < -0.4 is 10.2 Å². The Labute approximate surface area is 185 Å². The Morgan fingerprint density at radius 3 is 2.40 bits per heavy atom. The maximum absolute atomic E-state index is 13.1. The quantitative estimate of drug-likeness (QED) is 0.535. The Morgan fingerprint density at radius 2 is 1.80 bits per heavy atom. The van der Waals surface area contributed by atoms with E-state index in [0.29, 0.717) is 34.2 Å². The first-order chi connectivity index (χ1) is 14.4. The zero-order valence-electron chi connectivity index (χ0n) is 17.2. The number of hydrogen-bond acceptors (Lipinski definition) is 4. The van der Waals surface area contributed by atoms with Gasteiger partial charge in [-0.15, -0.1) is 11.3 Å². The van der Waals surface area contributed by atoms with Crippen molar-refractivity contribution in [3.05, 3.63) is 81.0 Å². The number of carbonyl (C=O) groups excluding carboxylic acids is 2. The summed E-state index contributed by atoms with van der Waals surface area (Å²) >= 11 is 7.60. The topological polar surface area (TPSA) is 52.6 Å². The molecular weight excluding hydrogens is 418 g/mol. The Balaban J connectivity index is 1.76. The Hall–Kier alpha value is -2.83. The van der Waals surface area contributed by atoms with Crippen LogP contribution in [0.5, 0.6) is 0 Å². The van der Waals surface area contributed by atoms with Crippen LogP contribution >= 0.6 is 22.9 Å². The second-order valence-electron chi connectivity index (χ2n) is 7.01. The number of nitrogens with zero attached hydrogens (tertiary/aromatic N) is 2. The third-order valence-corrected chi connectivity index (χ3v) is 5.90. The smallest absolute Gasteiger partial charge is 0.265 e. The van der Waals surface area contributed by atoms with Gasteiger partial charge in [-0.25, -0.2) is 0 Å².